The highest BCUT2D eigenvalue weighted by Crippen LogP contribution is 2.11. The van der Waals surface area contributed by atoms with Crippen LogP contribution in [-0.4, -0.2) is 15.0 Å². The Hall–Kier alpha value is -2.28. The van der Waals surface area contributed by atoms with Crippen LogP contribution in [0.2, 0.25) is 0 Å². The molecule has 0 saturated heterocycles. The minimum Gasteiger partial charge on any atom is -0.467 e. The van der Waals surface area contributed by atoms with Crippen molar-refractivity contribution in [2.24, 2.45) is 5.84 Å². The van der Waals surface area contributed by atoms with Crippen LogP contribution in [0.3, 0.4) is 0 Å². The van der Waals surface area contributed by atoms with Gasteiger partial charge in [0.15, 0.2) is 0 Å². The number of hydrazine groups is 1. The Balaban J connectivity index is 2.30. The second kappa shape index (κ2) is 5.15. The molecule has 0 unspecified atom stereocenters. The van der Waals surface area contributed by atoms with Gasteiger partial charge in [0, 0.05) is 18.4 Å². The van der Waals surface area contributed by atoms with Gasteiger partial charge in [-0.05, 0) is 19.9 Å². The van der Waals surface area contributed by atoms with E-state index in [4.69, 9.17) is 10.3 Å². The van der Waals surface area contributed by atoms with Crippen LogP contribution in [-0.2, 0) is 6.54 Å². The van der Waals surface area contributed by atoms with E-state index in [0.29, 0.717) is 11.3 Å². The zero-order chi connectivity index (χ0) is 14.0. The second-order valence-corrected chi connectivity index (χ2v) is 4.44. The molecule has 2 heterocycles. The van der Waals surface area contributed by atoms with E-state index in [1.54, 1.807) is 17.0 Å². The number of hydrogen-bond acceptors (Lipinski definition) is 4. The van der Waals surface area contributed by atoms with Gasteiger partial charge in [0.25, 0.3) is 5.91 Å². The van der Waals surface area contributed by atoms with E-state index in [2.05, 4.69) is 0 Å². The number of imidazole rings is 1. The van der Waals surface area contributed by atoms with Crippen molar-refractivity contribution < 1.29 is 9.21 Å². The molecule has 7 nitrogen and oxygen atoms in total. The first-order valence-corrected chi connectivity index (χ1v) is 5.89. The molecular weight excluding hydrogens is 248 g/mol. The van der Waals surface area contributed by atoms with Crippen LogP contribution in [0, 0.1) is 0 Å². The smallest absolute Gasteiger partial charge is 0.328 e. The van der Waals surface area contributed by atoms with Crippen molar-refractivity contribution in [2.45, 2.75) is 26.4 Å². The van der Waals surface area contributed by atoms with Gasteiger partial charge in [-0.25, -0.2) is 10.6 Å². The van der Waals surface area contributed by atoms with Crippen molar-refractivity contribution in [1.29, 1.82) is 0 Å². The van der Waals surface area contributed by atoms with Crippen LogP contribution < -0.4 is 17.0 Å². The molecule has 0 radical (unpaired) electrons. The lowest BCUT2D eigenvalue weighted by atomic mass is 10.2. The van der Waals surface area contributed by atoms with Crippen LogP contribution in [0.4, 0.5) is 0 Å². The molecule has 2 aromatic rings. The van der Waals surface area contributed by atoms with E-state index >= 15 is 0 Å². The van der Waals surface area contributed by atoms with Gasteiger partial charge >= 0.3 is 5.69 Å². The lowest BCUT2D eigenvalue weighted by molar-refractivity contribution is 0.0951. The summed E-state index contributed by atoms with van der Waals surface area (Å²) < 4.78 is 8.31. The molecule has 3 N–H and O–H groups in total. The third-order valence-corrected chi connectivity index (χ3v) is 2.87. The van der Waals surface area contributed by atoms with Crippen LogP contribution in [0.5, 0.6) is 0 Å². The van der Waals surface area contributed by atoms with E-state index in [9.17, 15) is 9.59 Å². The van der Waals surface area contributed by atoms with Crippen molar-refractivity contribution >= 4 is 5.91 Å². The lowest BCUT2D eigenvalue weighted by Gasteiger charge is -2.05. The number of nitrogens with zero attached hydrogens (tertiary/aromatic N) is 2. The van der Waals surface area contributed by atoms with Gasteiger partial charge in [-0.3, -0.25) is 19.4 Å². The fourth-order valence-corrected chi connectivity index (χ4v) is 1.84. The molecule has 102 valence electrons. The Morgan fingerprint density at radius 2 is 2.21 bits per heavy atom. The summed E-state index contributed by atoms with van der Waals surface area (Å²) in [6, 6.07) is 1.60. The third kappa shape index (κ3) is 2.45. The minimum atomic E-state index is -0.444. The largest absolute Gasteiger partial charge is 0.467 e. The van der Waals surface area contributed by atoms with Gasteiger partial charge in [-0.15, -0.1) is 0 Å². The Labute approximate surface area is 109 Å². The Morgan fingerprint density at radius 3 is 2.79 bits per heavy atom. The maximum atomic E-state index is 12.0. The van der Waals surface area contributed by atoms with Crippen LogP contribution >= 0.6 is 0 Å². The van der Waals surface area contributed by atoms with Gasteiger partial charge in [-0.1, -0.05) is 0 Å². The van der Waals surface area contributed by atoms with E-state index in [-0.39, 0.29) is 18.3 Å². The van der Waals surface area contributed by atoms with Gasteiger partial charge < -0.3 is 4.42 Å². The highest BCUT2D eigenvalue weighted by Gasteiger charge is 2.15. The fourth-order valence-electron chi connectivity index (χ4n) is 1.84. The molecule has 0 bridgehead atoms. The molecule has 1 amide bonds. The third-order valence-electron chi connectivity index (χ3n) is 2.87. The molecule has 7 heteroatoms. The summed E-state index contributed by atoms with van der Waals surface area (Å²) in [6.07, 6.45) is 4.76. The first kappa shape index (κ1) is 13.2. The number of amides is 1. The molecule has 0 saturated carbocycles. The summed E-state index contributed by atoms with van der Waals surface area (Å²) in [4.78, 5) is 23.5. The van der Waals surface area contributed by atoms with Crippen LogP contribution in [0.25, 0.3) is 0 Å². The zero-order valence-corrected chi connectivity index (χ0v) is 10.8. The summed E-state index contributed by atoms with van der Waals surface area (Å²) in [5.41, 5.74) is 2.22. The SMILES string of the molecule is CC(C)n1ccn(Cc2occc2C(=O)NN)c1=O. The average Bonchev–Trinajstić information content (AvgIpc) is 2.97. The summed E-state index contributed by atoms with van der Waals surface area (Å²) in [7, 11) is 0. The molecule has 0 aliphatic carbocycles. The molecule has 0 atom stereocenters. The first-order valence-electron chi connectivity index (χ1n) is 5.89. The Bertz CT molecular complexity index is 635. The standard InChI is InChI=1S/C12H16N4O3/c1-8(2)16-5-4-15(12(16)18)7-10-9(3-6-19-10)11(17)14-13/h3-6,8H,7,13H2,1-2H3,(H,14,17). The van der Waals surface area contributed by atoms with Crippen molar-refractivity contribution in [3.63, 3.8) is 0 Å². The monoisotopic (exact) mass is 264 g/mol. The van der Waals surface area contributed by atoms with Crippen molar-refractivity contribution in [3.05, 3.63) is 46.5 Å². The van der Waals surface area contributed by atoms with E-state index in [1.165, 1.54) is 16.9 Å². The molecule has 19 heavy (non-hydrogen) atoms. The number of carbonyl (C=O) groups excluding carboxylic acids is 1. The van der Waals surface area contributed by atoms with Crippen molar-refractivity contribution in [2.75, 3.05) is 0 Å². The van der Waals surface area contributed by atoms with Gasteiger partial charge in [0.05, 0.1) is 18.4 Å². The zero-order valence-electron chi connectivity index (χ0n) is 10.8. The number of rotatable bonds is 4. The number of nitrogens with two attached hydrogens (primary N) is 1. The maximum Gasteiger partial charge on any atom is 0.328 e. The summed E-state index contributed by atoms with van der Waals surface area (Å²) in [5.74, 6) is 5.04. The second-order valence-electron chi connectivity index (χ2n) is 4.44. The fraction of sp³-hybridized carbons (Fsp3) is 0.333. The highest BCUT2D eigenvalue weighted by molar-refractivity contribution is 5.94. The minimum absolute atomic E-state index is 0.0807. The van der Waals surface area contributed by atoms with Crippen molar-refractivity contribution in [3.8, 4) is 0 Å². The molecule has 0 fully saturated rings. The van der Waals surface area contributed by atoms with E-state index in [0.717, 1.165) is 0 Å². The summed E-state index contributed by atoms with van der Waals surface area (Å²) in [6.45, 7) is 4.03. The van der Waals surface area contributed by atoms with Gasteiger partial charge in [-0.2, -0.15) is 0 Å². The average molecular weight is 264 g/mol. The number of nitrogens with one attached hydrogen (secondary N) is 1. The van der Waals surface area contributed by atoms with Crippen LogP contribution in [0.15, 0.2) is 33.9 Å². The Kier molecular flexibility index (Phi) is 3.57. The van der Waals surface area contributed by atoms with Gasteiger partial charge in [0.2, 0.25) is 0 Å². The maximum absolute atomic E-state index is 12.0. The highest BCUT2D eigenvalue weighted by atomic mass is 16.3. The quantitative estimate of drug-likeness (QED) is 0.477. The number of aromatic nitrogens is 2. The molecule has 2 aromatic heterocycles. The predicted molar refractivity (Wildman–Crippen MR) is 68.5 cm³/mol. The summed E-state index contributed by atoms with van der Waals surface area (Å²) >= 11 is 0. The molecule has 0 aliphatic rings. The molecule has 0 spiro atoms. The first-order chi connectivity index (χ1) is 9.04. The van der Waals surface area contributed by atoms with Crippen molar-refractivity contribution in [1.82, 2.24) is 14.6 Å². The molecule has 0 aliphatic heterocycles. The van der Waals surface area contributed by atoms with E-state index < -0.39 is 5.91 Å². The summed E-state index contributed by atoms with van der Waals surface area (Å²) in [5, 5.41) is 0. The predicted octanol–water partition coefficient (Wildman–Crippen LogP) is 0.476. The Morgan fingerprint density at radius 1 is 1.47 bits per heavy atom. The topological polar surface area (TPSA) is 95.2 Å². The molecular formula is C12H16N4O3. The number of nitrogen functional groups attached to an aromatic ring is 1. The van der Waals surface area contributed by atoms with Crippen LogP contribution in [0.1, 0.15) is 36.0 Å². The molecule has 0 aromatic carbocycles. The normalized spacial score (nSPS) is 10.9. The van der Waals surface area contributed by atoms with Gasteiger partial charge in [0.1, 0.15) is 5.76 Å². The number of hydrogen-bond donors (Lipinski definition) is 2. The number of carbonyl (C=O) groups is 1. The lowest BCUT2D eigenvalue weighted by Crippen LogP contribution is -2.31. The van der Waals surface area contributed by atoms with E-state index in [1.807, 2.05) is 19.3 Å². The molecule has 2 rings (SSSR count). The number of furan rings is 1.